The number of para-hydroxylation sites is 1. The summed E-state index contributed by atoms with van der Waals surface area (Å²) in [6.07, 6.45) is 0. The molecule has 0 aliphatic heterocycles. The lowest BCUT2D eigenvalue weighted by Crippen LogP contribution is -2.26. The summed E-state index contributed by atoms with van der Waals surface area (Å²) in [4.78, 5) is 23.8. The smallest absolute Gasteiger partial charge is 0.363 e. The summed E-state index contributed by atoms with van der Waals surface area (Å²) < 4.78 is 13.3. The molecular formula is C15H20N4O4. The van der Waals surface area contributed by atoms with Crippen LogP contribution in [0, 0.1) is 0 Å². The third kappa shape index (κ3) is 4.41. The molecular weight excluding hydrogens is 300 g/mol. The van der Waals surface area contributed by atoms with Crippen LogP contribution in [0.1, 0.15) is 31.1 Å². The van der Waals surface area contributed by atoms with Crippen molar-refractivity contribution in [3.63, 3.8) is 0 Å². The number of hydrogen-bond acceptors (Lipinski definition) is 6. The first kappa shape index (κ1) is 16.7. The Bertz CT molecular complexity index is 742. The highest BCUT2D eigenvalue weighted by Crippen LogP contribution is 2.21. The van der Waals surface area contributed by atoms with Crippen molar-refractivity contribution in [2.75, 3.05) is 6.61 Å². The summed E-state index contributed by atoms with van der Waals surface area (Å²) in [5.41, 5.74) is -0.570. The highest BCUT2D eigenvalue weighted by molar-refractivity contribution is 5.92. The lowest BCUT2D eigenvalue weighted by atomic mass is 10.1. The van der Waals surface area contributed by atoms with Gasteiger partial charge in [0, 0.05) is 7.05 Å². The van der Waals surface area contributed by atoms with Gasteiger partial charge in [0.2, 0.25) is 0 Å². The second-order valence-electron chi connectivity index (χ2n) is 5.95. The first-order chi connectivity index (χ1) is 10.8. The average molecular weight is 320 g/mol. The molecule has 0 unspecified atom stereocenters. The normalized spacial score (nSPS) is 11.3. The van der Waals surface area contributed by atoms with Crippen molar-refractivity contribution < 1.29 is 14.3 Å². The van der Waals surface area contributed by atoms with Crippen molar-refractivity contribution >= 4 is 5.97 Å². The van der Waals surface area contributed by atoms with Gasteiger partial charge in [-0.2, -0.15) is 9.36 Å². The zero-order valence-corrected chi connectivity index (χ0v) is 13.6. The summed E-state index contributed by atoms with van der Waals surface area (Å²) in [6, 6.07) is 6.81. The molecule has 1 heterocycles. The van der Waals surface area contributed by atoms with Gasteiger partial charge in [-0.1, -0.05) is 12.1 Å². The predicted octanol–water partition coefficient (Wildman–Crippen LogP) is 1.01. The van der Waals surface area contributed by atoms with Crippen molar-refractivity contribution in [3.8, 4) is 5.75 Å². The summed E-state index contributed by atoms with van der Waals surface area (Å²) in [6.45, 7) is 5.81. The number of carbonyl (C=O) groups excluding carboxylic acids is 1. The van der Waals surface area contributed by atoms with Crippen LogP contribution in [0.15, 0.2) is 29.1 Å². The van der Waals surface area contributed by atoms with Gasteiger partial charge in [0.05, 0.1) is 6.54 Å². The summed E-state index contributed by atoms with van der Waals surface area (Å²) in [5, 5.41) is 7.31. The number of ether oxygens (including phenoxy) is 2. The number of benzene rings is 1. The molecule has 0 fully saturated rings. The van der Waals surface area contributed by atoms with Crippen LogP contribution in [-0.4, -0.2) is 38.0 Å². The van der Waals surface area contributed by atoms with Crippen LogP contribution in [-0.2, 0) is 18.3 Å². The van der Waals surface area contributed by atoms with E-state index in [9.17, 15) is 9.59 Å². The van der Waals surface area contributed by atoms with Crippen LogP contribution < -0.4 is 10.4 Å². The number of carbonyl (C=O) groups is 1. The Kier molecular flexibility index (Phi) is 4.83. The van der Waals surface area contributed by atoms with Gasteiger partial charge in [0.1, 0.15) is 23.5 Å². The fraction of sp³-hybridized carbons (Fsp3) is 0.467. The maximum Gasteiger partial charge on any atom is 0.363 e. The summed E-state index contributed by atoms with van der Waals surface area (Å²) >= 11 is 0. The van der Waals surface area contributed by atoms with Crippen LogP contribution in [0.3, 0.4) is 0 Å². The zero-order valence-electron chi connectivity index (χ0n) is 13.6. The first-order valence-corrected chi connectivity index (χ1v) is 7.20. The van der Waals surface area contributed by atoms with Crippen LogP contribution in [0.2, 0.25) is 0 Å². The van der Waals surface area contributed by atoms with Gasteiger partial charge < -0.3 is 9.47 Å². The Morgan fingerprint density at radius 1 is 1.22 bits per heavy atom. The SMILES string of the molecule is Cn1nnn(CCOc2ccccc2C(=O)OC(C)(C)C)c1=O. The lowest BCUT2D eigenvalue weighted by molar-refractivity contribution is 0.00657. The van der Waals surface area contributed by atoms with Gasteiger partial charge in [-0.3, -0.25) is 0 Å². The topological polar surface area (TPSA) is 88.2 Å². The molecule has 0 atom stereocenters. The summed E-state index contributed by atoms with van der Waals surface area (Å²) in [5.74, 6) is -0.0524. The van der Waals surface area contributed by atoms with E-state index in [1.807, 2.05) is 0 Å². The molecule has 124 valence electrons. The highest BCUT2D eigenvalue weighted by atomic mass is 16.6. The number of hydrogen-bond donors (Lipinski definition) is 0. The minimum Gasteiger partial charge on any atom is -0.491 e. The zero-order chi connectivity index (χ0) is 17.0. The Morgan fingerprint density at radius 3 is 2.52 bits per heavy atom. The first-order valence-electron chi connectivity index (χ1n) is 7.20. The second kappa shape index (κ2) is 6.64. The fourth-order valence-corrected chi connectivity index (χ4v) is 1.83. The molecule has 2 rings (SSSR count). The van der Waals surface area contributed by atoms with Gasteiger partial charge in [0.15, 0.2) is 0 Å². The second-order valence-corrected chi connectivity index (χ2v) is 5.95. The molecule has 2 aromatic rings. The molecule has 0 radical (unpaired) electrons. The summed E-state index contributed by atoms with van der Waals surface area (Å²) in [7, 11) is 1.52. The van der Waals surface area contributed by atoms with Crippen LogP contribution in [0.25, 0.3) is 0 Å². The van der Waals surface area contributed by atoms with Crippen LogP contribution in [0.4, 0.5) is 0 Å². The molecule has 0 amide bonds. The largest absolute Gasteiger partial charge is 0.491 e. The molecule has 0 aliphatic carbocycles. The molecule has 1 aromatic carbocycles. The minimum absolute atomic E-state index is 0.179. The van der Waals surface area contributed by atoms with E-state index in [4.69, 9.17) is 9.47 Å². The number of rotatable bonds is 5. The molecule has 0 saturated carbocycles. The molecule has 1 aromatic heterocycles. The quantitative estimate of drug-likeness (QED) is 0.764. The number of esters is 1. The number of aryl methyl sites for hydroxylation is 1. The predicted molar refractivity (Wildman–Crippen MR) is 82.4 cm³/mol. The molecule has 8 nitrogen and oxygen atoms in total. The number of aromatic nitrogens is 4. The van der Waals surface area contributed by atoms with Crippen LogP contribution in [0.5, 0.6) is 5.75 Å². The van der Waals surface area contributed by atoms with Crippen molar-refractivity contribution in [2.24, 2.45) is 7.05 Å². The van der Waals surface area contributed by atoms with Gasteiger partial charge in [0.25, 0.3) is 0 Å². The van der Waals surface area contributed by atoms with Gasteiger partial charge >= 0.3 is 11.7 Å². The molecule has 0 bridgehead atoms. The van der Waals surface area contributed by atoms with E-state index in [1.165, 1.54) is 11.7 Å². The van der Waals surface area contributed by atoms with Crippen molar-refractivity contribution in [2.45, 2.75) is 32.9 Å². The van der Waals surface area contributed by atoms with Gasteiger partial charge in [-0.15, -0.1) is 0 Å². The van der Waals surface area contributed by atoms with E-state index in [0.717, 1.165) is 4.68 Å². The Hall–Kier alpha value is -2.64. The third-order valence-electron chi connectivity index (χ3n) is 2.85. The van der Waals surface area contributed by atoms with E-state index in [-0.39, 0.29) is 18.8 Å². The van der Waals surface area contributed by atoms with Crippen molar-refractivity contribution in [1.29, 1.82) is 0 Å². The molecule has 23 heavy (non-hydrogen) atoms. The van der Waals surface area contributed by atoms with E-state index in [0.29, 0.717) is 11.3 Å². The monoisotopic (exact) mass is 320 g/mol. The molecule has 0 N–H and O–H groups in total. The standard InChI is InChI=1S/C15H20N4O4/c1-15(2,3)23-13(20)11-7-5-6-8-12(11)22-10-9-19-14(21)18(4)16-17-19/h5-8H,9-10H2,1-4H3. The van der Waals surface area contributed by atoms with E-state index in [2.05, 4.69) is 10.4 Å². The maximum atomic E-state index is 12.2. The number of tetrazole rings is 1. The number of nitrogens with zero attached hydrogens (tertiary/aromatic N) is 4. The van der Waals surface area contributed by atoms with Crippen molar-refractivity contribution in [1.82, 2.24) is 19.8 Å². The van der Waals surface area contributed by atoms with Crippen LogP contribution >= 0.6 is 0 Å². The van der Waals surface area contributed by atoms with Crippen molar-refractivity contribution in [3.05, 3.63) is 40.3 Å². The highest BCUT2D eigenvalue weighted by Gasteiger charge is 2.20. The Morgan fingerprint density at radius 2 is 1.91 bits per heavy atom. The molecule has 0 saturated heterocycles. The Balaban J connectivity index is 2.04. The lowest BCUT2D eigenvalue weighted by Gasteiger charge is -2.20. The van der Waals surface area contributed by atoms with E-state index >= 15 is 0 Å². The molecule has 0 spiro atoms. The van der Waals surface area contributed by atoms with Gasteiger partial charge in [-0.25, -0.2) is 9.59 Å². The molecule has 8 heteroatoms. The third-order valence-corrected chi connectivity index (χ3v) is 2.85. The van der Waals surface area contributed by atoms with Gasteiger partial charge in [-0.05, 0) is 43.3 Å². The van der Waals surface area contributed by atoms with E-state index in [1.54, 1.807) is 45.0 Å². The Labute approximate surface area is 133 Å². The van der Waals surface area contributed by atoms with E-state index < -0.39 is 11.6 Å². The average Bonchev–Trinajstić information content (AvgIpc) is 2.78. The maximum absolute atomic E-state index is 12.2. The minimum atomic E-state index is -0.586. The molecule has 0 aliphatic rings. The fourth-order valence-electron chi connectivity index (χ4n) is 1.83.